The summed E-state index contributed by atoms with van der Waals surface area (Å²) in [5.41, 5.74) is 0.702. The molecule has 2 aromatic rings. The lowest BCUT2D eigenvalue weighted by atomic mass is 10.1. The number of hydrogen-bond acceptors (Lipinski definition) is 5. The van der Waals surface area contributed by atoms with Crippen molar-refractivity contribution in [1.29, 1.82) is 0 Å². The molecular weight excluding hydrogens is 318 g/mol. The lowest BCUT2D eigenvalue weighted by molar-refractivity contribution is -0.121. The molecule has 1 aromatic carbocycles. The van der Waals surface area contributed by atoms with Gasteiger partial charge < -0.3 is 14.9 Å². The highest BCUT2D eigenvalue weighted by Crippen LogP contribution is 2.16. The molecule has 0 spiro atoms. The number of aliphatic hydroxyl groups is 1. The van der Waals surface area contributed by atoms with Crippen LogP contribution in [0.2, 0.25) is 5.02 Å². The Kier molecular flexibility index (Phi) is 6.12. The molecular formula is C16H20ClN3O3. The molecule has 1 amide bonds. The Balaban J connectivity index is 1.75. The molecule has 0 fully saturated rings. The SMILES string of the molecule is CC(C)c1noc(CCC(=O)NCC(O)c2ccc(Cl)cc2)n1. The number of nitrogens with zero attached hydrogens (tertiary/aromatic N) is 2. The van der Waals surface area contributed by atoms with Crippen molar-refractivity contribution in [3.63, 3.8) is 0 Å². The summed E-state index contributed by atoms with van der Waals surface area (Å²) in [4.78, 5) is 16.0. The third-order valence-electron chi connectivity index (χ3n) is 3.31. The van der Waals surface area contributed by atoms with Crippen LogP contribution in [-0.2, 0) is 11.2 Å². The van der Waals surface area contributed by atoms with Crippen LogP contribution in [0, 0.1) is 0 Å². The average Bonchev–Trinajstić information content (AvgIpc) is 3.00. The van der Waals surface area contributed by atoms with E-state index in [1.165, 1.54) is 0 Å². The normalized spacial score (nSPS) is 12.4. The number of halogens is 1. The van der Waals surface area contributed by atoms with E-state index in [2.05, 4.69) is 15.5 Å². The van der Waals surface area contributed by atoms with Gasteiger partial charge >= 0.3 is 0 Å². The van der Waals surface area contributed by atoms with Crippen LogP contribution in [0.3, 0.4) is 0 Å². The second-order valence-electron chi connectivity index (χ2n) is 5.57. The Labute approximate surface area is 139 Å². The maximum absolute atomic E-state index is 11.8. The smallest absolute Gasteiger partial charge is 0.227 e. The monoisotopic (exact) mass is 337 g/mol. The summed E-state index contributed by atoms with van der Waals surface area (Å²) in [5, 5.41) is 17.1. The Morgan fingerprint density at radius 2 is 2.04 bits per heavy atom. The first-order chi connectivity index (χ1) is 11.0. The summed E-state index contributed by atoms with van der Waals surface area (Å²) < 4.78 is 5.08. The van der Waals surface area contributed by atoms with E-state index in [4.69, 9.17) is 16.1 Å². The first-order valence-corrected chi connectivity index (χ1v) is 7.86. The first-order valence-electron chi connectivity index (χ1n) is 7.48. The van der Waals surface area contributed by atoms with Gasteiger partial charge in [0, 0.05) is 30.3 Å². The molecule has 2 N–H and O–H groups in total. The van der Waals surface area contributed by atoms with Gasteiger partial charge in [0.1, 0.15) is 0 Å². The Morgan fingerprint density at radius 3 is 2.65 bits per heavy atom. The van der Waals surface area contributed by atoms with Crippen LogP contribution in [0.15, 0.2) is 28.8 Å². The van der Waals surface area contributed by atoms with Gasteiger partial charge in [0.05, 0.1) is 6.10 Å². The highest BCUT2D eigenvalue weighted by molar-refractivity contribution is 6.30. The molecule has 1 atom stereocenters. The van der Waals surface area contributed by atoms with E-state index in [-0.39, 0.29) is 24.8 Å². The number of aryl methyl sites for hydroxylation is 1. The number of carbonyl (C=O) groups excluding carboxylic acids is 1. The molecule has 0 radical (unpaired) electrons. The van der Waals surface area contributed by atoms with E-state index in [1.807, 2.05) is 13.8 Å². The molecule has 1 heterocycles. The van der Waals surface area contributed by atoms with E-state index in [9.17, 15) is 9.90 Å². The number of hydrogen-bond donors (Lipinski definition) is 2. The zero-order valence-electron chi connectivity index (χ0n) is 13.1. The van der Waals surface area contributed by atoms with Gasteiger partial charge in [0.25, 0.3) is 0 Å². The Morgan fingerprint density at radius 1 is 1.35 bits per heavy atom. The van der Waals surface area contributed by atoms with Crippen LogP contribution in [0.5, 0.6) is 0 Å². The standard InChI is InChI=1S/C16H20ClN3O3/c1-10(2)16-19-15(23-20-16)8-7-14(22)18-9-13(21)11-3-5-12(17)6-4-11/h3-6,10,13,21H,7-9H2,1-2H3,(H,18,22). The highest BCUT2D eigenvalue weighted by Gasteiger charge is 2.13. The van der Waals surface area contributed by atoms with E-state index < -0.39 is 6.10 Å². The molecule has 1 aromatic heterocycles. The second-order valence-corrected chi connectivity index (χ2v) is 6.01. The summed E-state index contributed by atoms with van der Waals surface area (Å²) in [7, 11) is 0. The minimum atomic E-state index is -0.771. The number of amides is 1. The number of aliphatic hydroxyl groups excluding tert-OH is 1. The van der Waals surface area contributed by atoms with E-state index in [0.717, 1.165) is 0 Å². The largest absolute Gasteiger partial charge is 0.387 e. The van der Waals surface area contributed by atoms with Gasteiger partial charge in [0.2, 0.25) is 11.8 Å². The van der Waals surface area contributed by atoms with Crippen molar-refractivity contribution in [1.82, 2.24) is 15.5 Å². The molecule has 23 heavy (non-hydrogen) atoms. The summed E-state index contributed by atoms with van der Waals surface area (Å²) in [6.45, 7) is 4.08. The molecule has 124 valence electrons. The molecule has 0 aliphatic heterocycles. The predicted octanol–water partition coefficient (Wildman–Crippen LogP) is 2.63. The van der Waals surface area contributed by atoms with E-state index >= 15 is 0 Å². The third kappa shape index (κ3) is 5.33. The minimum absolute atomic E-state index is 0.140. The van der Waals surface area contributed by atoms with Crippen LogP contribution < -0.4 is 5.32 Å². The minimum Gasteiger partial charge on any atom is -0.387 e. The van der Waals surface area contributed by atoms with Crippen molar-refractivity contribution in [2.75, 3.05) is 6.54 Å². The molecule has 0 saturated carbocycles. The molecule has 0 bridgehead atoms. The van der Waals surface area contributed by atoms with Gasteiger partial charge in [-0.05, 0) is 17.7 Å². The van der Waals surface area contributed by atoms with Crippen LogP contribution >= 0.6 is 11.6 Å². The van der Waals surface area contributed by atoms with Crippen molar-refractivity contribution in [2.45, 2.75) is 38.7 Å². The van der Waals surface area contributed by atoms with Crippen LogP contribution in [0.4, 0.5) is 0 Å². The molecule has 1 unspecified atom stereocenters. The van der Waals surface area contributed by atoms with Crippen molar-refractivity contribution in [2.24, 2.45) is 0 Å². The van der Waals surface area contributed by atoms with Gasteiger partial charge in [-0.2, -0.15) is 4.98 Å². The topological polar surface area (TPSA) is 88.2 Å². The summed E-state index contributed by atoms with van der Waals surface area (Å²) >= 11 is 5.79. The van der Waals surface area contributed by atoms with Crippen LogP contribution in [-0.4, -0.2) is 27.7 Å². The molecule has 7 heteroatoms. The average molecular weight is 338 g/mol. The van der Waals surface area contributed by atoms with Crippen molar-refractivity contribution >= 4 is 17.5 Å². The zero-order chi connectivity index (χ0) is 16.8. The molecule has 0 aliphatic carbocycles. The maximum Gasteiger partial charge on any atom is 0.227 e. The second kappa shape index (κ2) is 8.08. The van der Waals surface area contributed by atoms with E-state index in [1.54, 1.807) is 24.3 Å². The number of aromatic nitrogens is 2. The van der Waals surface area contributed by atoms with Crippen molar-refractivity contribution in [3.05, 3.63) is 46.6 Å². The van der Waals surface area contributed by atoms with Crippen molar-refractivity contribution in [3.8, 4) is 0 Å². The summed E-state index contributed by atoms with van der Waals surface area (Å²) in [5.74, 6) is 1.10. The Bertz CT molecular complexity index is 640. The molecule has 6 nitrogen and oxygen atoms in total. The Hall–Kier alpha value is -1.92. The fraction of sp³-hybridized carbons (Fsp3) is 0.438. The van der Waals surface area contributed by atoms with Gasteiger partial charge in [-0.25, -0.2) is 0 Å². The van der Waals surface area contributed by atoms with Gasteiger partial charge in [-0.1, -0.05) is 42.7 Å². The van der Waals surface area contributed by atoms with Crippen LogP contribution in [0.25, 0.3) is 0 Å². The quantitative estimate of drug-likeness (QED) is 0.810. The number of nitrogens with one attached hydrogen (secondary N) is 1. The van der Waals surface area contributed by atoms with Gasteiger partial charge in [-0.3, -0.25) is 4.79 Å². The maximum atomic E-state index is 11.8. The van der Waals surface area contributed by atoms with Gasteiger partial charge in [-0.15, -0.1) is 0 Å². The van der Waals surface area contributed by atoms with E-state index in [0.29, 0.717) is 28.7 Å². The lowest BCUT2D eigenvalue weighted by Gasteiger charge is -2.12. The lowest BCUT2D eigenvalue weighted by Crippen LogP contribution is -2.28. The molecule has 0 saturated heterocycles. The summed E-state index contributed by atoms with van der Waals surface area (Å²) in [6, 6.07) is 6.85. The highest BCUT2D eigenvalue weighted by atomic mass is 35.5. The number of carbonyl (C=O) groups is 1. The van der Waals surface area contributed by atoms with Gasteiger partial charge in [0.15, 0.2) is 5.82 Å². The molecule has 0 aliphatic rings. The number of rotatable bonds is 7. The predicted molar refractivity (Wildman–Crippen MR) is 86.1 cm³/mol. The van der Waals surface area contributed by atoms with Crippen molar-refractivity contribution < 1.29 is 14.4 Å². The summed E-state index contributed by atoms with van der Waals surface area (Å²) in [6.07, 6.45) is -0.164. The number of benzene rings is 1. The zero-order valence-corrected chi connectivity index (χ0v) is 13.9. The fourth-order valence-electron chi connectivity index (χ4n) is 1.93. The third-order valence-corrected chi connectivity index (χ3v) is 3.57. The van der Waals surface area contributed by atoms with Crippen LogP contribution in [0.1, 0.15) is 49.6 Å². The molecule has 2 rings (SSSR count). The first kappa shape index (κ1) is 17.4. The fourth-order valence-corrected chi connectivity index (χ4v) is 2.05.